The number of aromatic nitrogens is 3. The van der Waals surface area contributed by atoms with Gasteiger partial charge in [-0.05, 0) is 68.4 Å². The number of anilines is 1. The average molecular weight is 507 g/mol. The van der Waals surface area contributed by atoms with Crippen LogP contribution in [-0.4, -0.2) is 31.9 Å². The van der Waals surface area contributed by atoms with Crippen molar-refractivity contribution in [3.8, 4) is 22.7 Å². The molecule has 0 saturated heterocycles. The maximum atomic E-state index is 13.6. The van der Waals surface area contributed by atoms with E-state index in [9.17, 15) is 14.7 Å². The minimum Gasteiger partial charge on any atom is -0.480 e. The average Bonchev–Trinajstić information content (AvgIpc) is 3.28. The third-order valence-electron chi connectivity index (χ3n) is 7.23. The maximum Gasteiger partial charge on any atom is 0.326 e. The molecule has 0 bridgehead atoms. The molecule has 0 radical (unpaired) electrons. The molecule has 1 fully saturated rings. The van der Waals surface area contributed by atoms with Crippen molar-refractivity contribution in [2.75, 3.05) is 5.32 Å². The summed E-state index contributed by atoms with van der Waals surface area (Å²) in [5.41, 5.74) is 2.88. The molecular weight excluding hydrogens is 468 g/mol. The van der Waals surface area contributed by atoms with Gasteiger partial charge in [-0.15, -0.1) is 5.10 Å². The number of rotatable bonds is 7. The highest BCUT2D eigenvalue weighted by atomic mass is 16.4. The lowest BCUT2D eigenvalue weighted by atomic mass is 9.87. The van der Waals surface area contributed by atoms with Crippen molar-refractivity contribution in [3.63, 3.8) is 0 Å². The summed E-state index contributed by atoms with van der Waals surface area (Å²) in [6.45, 7) is 12.0. The third kappa shape index (κ3) is 6.12. The largest absolute Gasteiger partial charge is 0.480 e. The van der Waals surface area contributed by atoms with E-state index in [-0.39, 0.29) is 17.3 Å². The van der Waals surface area contributed by atoms with Crippen LogP contribution in [0.15, 0.2) is 39.5 Å². The van der Waals surface area contributed by atoms with Crippen LogP contribution in [0.3, 0.4) is 0 Å². The van der Waals surface area contributed by atoms with Crippen LogP contribution in [0, 0.1) is 25.2 Å². The molecule has 198 valence electrons. The second-order valence-corrected chi connectivity index (χ2v) is 11.7. The van der Waals surface area contributed by atoms with Gasteiger partial charge in [-0.1, -0.05) is 62.6 Å². The number of benzene rings is 1. The molecule has 1 aromatic carbocycles. The van der Waals surface area contributed by atoms with Crippen molar-refractivity contribution in [1.82, 2.24) is 14.8 Å². The second kappa shape index (κ2) is 10.5. The number of pyridine rings is 1. The molecule has 37 heavy (non-hydrogen) atoms. The van der Waals surface area contributed by atoms with Gasteiger partial charge in [0.2, 0.25) is 5.89 Å². The first-order chi connectivity index (χ1) is 17.4. The molecule has 1 saturated carbocycles. The van der Waals surface area contributed by atoms with E-state index in [0.29, 0.717) is 29.3 Å². The smallest absolute Gasteiger partial charge is 0.326 e. The summed E-state index contributed by atoms with van der Waals surface area (Å²) in [5, 5.41) is 22.0. The normalized spacial score (nSPS) is 19.0. The monoisotopic (exact) mass is 506 g/mol. The van der Waals surface area contributed by atoms with Crippen molar-refractivity contribution in [3.05, 3.63) is 51.8 Å². The minimum atomic E-state index is -1.04. The highest BCUT2D eigenvalue weighted by molar-refractivity contribution is 5.77. The zero-order valence-electron chi connectivity index (χ0n) is 22.7. The van der Waals surface area contributed by atoms with Crippen molar-refractivity contribution in [1.29, 1.82) is 0 Å². The van der Waals surface area contributed by atoms with Crippen molar-refractivity contribution in [2.24, 2.45) is 11.3 Å². The lowest BCUT2D eigenvalue weighted by molar-refractivity contribution is -0.141. The van der Waals surface area contributed by atoms with Crippen LogP contribution >= 0.6 is 0 Å². The molecule has 2 heterocycles. The maximum absolute atomic E-state index is 13.6. The van der Waals surface area contributed by atoms with Gasteiger partial charge in [-0.3, -0.25) is 9.36 Å². The Morgan fingerprint density at radius 1 is 1.14 bits per heavy atom. The Morgan fingerprint density at radius 2 is 1.78 bits per heavy atom. The van der Waals surface area contributed by atoms with Crippen LogP contribution in [0.25, 0.3) is 22.7 Å². The van der Waals surface area contributed by atoms with Crippen molar-refractivity contribution < 1.29 is 14.3 Å². The predicted molar refractivity (Wildman–Crippen MR) is 145 cm³/mol. The topological polar surface area (TPSA) is 110 Å². The first kappa shape index (κ1) is 26.6. The highest BCUT2D eigenvalue weighted by Crippen LogP contribution is 2.36. The number of carbonyl (C=O) groups is 1. The van der Waals surface area contributed by atoms with Gasteiger partial charge in [0.15, 0.2) is 0 Å². The summed E-state index contributed by atoms with van der Waals surface area (Å²) in [4.78, 5) is 26.0. The molecule has 8 heteroatoms. The summed E-state index contributed by atoms with van der Waals surface area (Å²) in [6, 6.07) is 8.76. The van der Waals surface area contributed by atoms with Crippen LogP contribution in [-0.2, 0) is 4.79 Å². The van der Waals surface area contributed by atoms with Gasteiger partial charge in [-0.25, -0.2) is 4.79 Å². The molecule has 3 aromatic rings. The van der Waals surface area contributed by atoms with E-state index < -0.39 is 17.6 Å². The molecule has 1 aliphatic carbocycles. The summed E-state index contributed by atoms with van der Waals surface area (Å²) in [6.07, 6.45) is 4.73. The summed E-state index contributed by atoms with van der Waals surface area (Å²) in [5.74, 6) is -0.0633. The van der Waals surface area contributed by atoms with E-state index in [1.54, 1.807) is 0 Å². The Hall–Kier alpha value is -3.42. The van der Waals surface area contributed by atoms with Gasteiger partial charge >= 0.3 is 12.0 Å². The summed E-state index contributed by atoms with van der Waals surface area (Å²) in [7, 11) is 0. The van der Waals surface area contributed by atoms with Gasteiger partial charge in [0.05, 0.1) is 5.69 Å². The standard InChI is InChI=1S/C29H38N4O4/c1-17-7-11-20(12-8-17)25-19(3)22(15-24(34)33(25)23(27(35)36)16-29(4,5)6)26-31-32-28(37-26)30-21-13-9-18(2)10-14-21/h7-8,11-12,15,18,21,23H,9-10,13-14,16H2,1-6H3,(H,30,32)(H,35,36)/t18-,21-,23?. The fraction of sp³-hybridized carbons (Fsp3) is 0.517. The van der Waals surface area contributed by atoms with E-state index >= 15 is 0 Å². The lowest BCUT2D eigenvalue weighted by Gasteiger charge is -2.28. The van der Waals surface area contributed by atoms with Crippen molar-refractivity contribution in [2.45, 2.75) is 85.7 Å². The summed E-state index contributed by atoms with van der Waals surface area (Å²) >= 11 is 0. The quantitative estimate of drug-likeness (QED) is 0.390. The Kier molecular flexibility index (Phi) is 7.57. The van der Waals surface area contributed by atoms with Crippen LogP contribution in [0.4, 0.5) is 6.01 Å². The minimum absolute atomic E-state index is 0.240. The predicted octanol–water partition coefficient (Wildman–Crippen LogP) is 6.23. The van der Waals surface area contributed by atoms with Crippen LogP contribution in [0.1, 0.15) is 77.0 Å². The van der Waals surface area contributed by atoms with E-state index in [4.69, 9.17) is 4.42 Å². The zero-order valence-corrected chi connectivity index (χ0v) is 22.7. The third-order valence-corrected chi connectivity index (χ3v) is 7.23. The Labute approximate surface area is 218 Å². The molecule has 4 rings (SSSR count). The number of aliphatic carboxylic acids is 1. The number of nitrogens with one attached hydrogen (secondary N) is 1. The Bertz CT molecular complexity index is 1310. The SMILES string of the molecule is Cc1ccc(-c2c(C)c(-c3nnc(N[C@H]4CC[C@H](C)CC4)o3)cc(=O)n2C(CC(C)(C)C)C(=O)O)cc1. The van der Waals surface area contributed by atoms with Gasteiger partial charge in [0, 0.05) is 17.7 Å². The van der Waals surface area contributed by atoms with Crippen LogP contribution in [0.5, 0.6) is 0 Å². The second-order valence-electron chi connectivity index (χ2n) is 11.7. The number of hydrogen-bond acceptors (Lipinski definition) is 6. The first-order valence-electron chi connectivity index (χ1n) is 13.1. The number of nitrogens with zero attached hydrogens (tertiary/aromatic N) is 3. The lowest BCUT2D eigenvalue weighted by Crippen LogP contribution is -2.34. The Balaban J connectivity index is 1.80. The Morgan fingerprint density at radius 3 is 2.38 bits per heavy atom. The number of aryl methyl sites for hydroxylation is 1. The number of carboxylic acid groups (broad SMARTS) is 1. The van der Waals surface area contributed by atoms with Crippen LogP contribution in [0.2, 0.25) is 0 Å². The van der Waals surface area contributed by atoms with Gasteiger partial charge in [0.1, 0.15) is 6.04 Å². The van der Waals surface area contributed by atoms with E-state index in [0.717, 1.165) is 42.7 Å². The number of hydrogen-bond donors (Lipinski definition) is 2. The van der Waals surface area contributed by atoms with Gasteiger partial charge in [0.25, 0.3) is 5.56 Å². The molecule has 0 amide bonds. The first-order valence-corrected chi connectivity index (χ1v) is 13.1. The van der Waals surface area contributed by atoms with Crippen molar-refractivity contribution >= 4 is 12.0 Å². The van der Waals surface area contributed by atoms with E-state index in [1.807, 2.05) is 58.9 Å². The molecule has 1 unspecified atom stereocenters. The molecule has 8 nitrogen and oxygen atoms in total. The van der Waals surface area contributed by atoms with E-state index in [2.05, 4.69) is 22.4 Å². The van der Waals surface area contributed by atoms with Crippen LogP contribution < -0.4 is 10.9 Å². The fourth-order valence-corrected chi connectivity index (χ4v) is 5.16. The van der Waals surface area contributed by atoms with Gasteiger partial charge < -0.3 is 14.8 Å². The zero-order chi connectivity index (χ0) is 26.9. The number of carboxylic acids is 1. The molecule has 1 aliphatic rings. The molecule has 0 spiro atoms. The summed E-state index contributed by atoms with van der Waals surface area (Å²) < 4.78 is 7.39. The molecule has 0 aliphatic heterocycles. The van der Waals surface area contributed by atoms with E-state index in [1.165, 1.54) is 10.6 Å². The molecular formula is C29H38N4O4. The molecule has 1 atom stereocenters. The fourth-order valence-electron chi connectivity index (χ4n) is 5.16. The molecule has 2 N–H and O–H groups in total. The molecule has 2 aromatic heterocycles. The van der Waals surface area contributed by atoms with Gasteiger partial charge in [-0.2, -0.15) is 0 Å². The highest BCUT2D eigenvalue weighted by Gasteiger charge is 2.31.